The monoisotopic (exact) mass is 428 g/mol. The summed E-state index contributed by atoms with van der Waals surface area (Å²) in [6.45, 7) is 7.48. The minimum Gasteiger partial charge on any atom is -0.507 e. The lowest BCUT2D eigenvalue weighted by atomic mass is 10.00. The van der Waals surface area contributed by atoms with Gasteiger partial charge in [0.05, 0.1) is 36.1 Å². The molecule has 30 heavy (non-hydrogen) atoms. The molecule has 1 N–H and O–H groups in total. The van der Waals surface area contributed by atoms with Gasteiger partial charge < -0.3 is 14.7 Å². The van der Waals surface area contributed by atoms with Gasteiger partial charge in [0.25, 0.3) is 11.7 Å². The van der Waals surface area contributed by atoms with E-state index in [1.807, 2.05) is 17.5 Å². The number of aliphatic hydroxyl groups excluding tert-OH is 1. The van der Waals surface area contributed by atoms with E-state index in [0.717, 1.165) is 18.0 Å². The minimum absolute atomic E-state index is 0.0972. The van der Waals surface area contributed by atoms with E-state index in [-0.39, 0.29) is 11.3 Å². The van der Waals surface area contributed by atoms with E-state index in [2.05, 4.69) is 14.9 Å². The molecule has 8 nitrogen and oxygen atoms in total. The van der Waals surface area contributed by atoms with Crippen LogP contribution in [0.2, 0.25) is 0 Å². The van der Waals surface area contributed by atoms with Gasteiger partial charge in [0.15, 0.2) is 0 Å². The van der Waals surface area contributed by atoms with Crippen LogP contribution in [0.3, 0.4) is 0 Å². The van der Waals surface area contributed by atoms with Gasteiger partial charge in [0, 0.05) is 37.3 Å². The summed E-state index contributed by atoms with van der Waals surface area (Å²) < 4.78 is 5.38. The molecule has 2 aliphatic rings. The molecule has 0 aromatic carbocycles. The van der Waals surface area contributed by atoms with Gasteiger partial charge in [0.2, 0.25) is 0 Å². The van der Waals surface area contributed by atoms with Crippen LogP contribution in [0.25, 0.3) is 5.76 Å². The fraction of sp³-hybridized carbons (Fsp3) is 0.429. The van der Waals surface area contributed by atoms with Crippen molar-refractivity contribution in [2.75, 3.05) is 39.4 Å². The summed E-state index contributed by atoms with van der Waals surface area (Å²) in [4.78, 5) is 39.0. The maximum atomic E-state index is 13.0. The van der Waals surface area contributed by atoms with Crippen LogP contribution in [0.5, 0.6) is 0 Å². The Morgan fingerprint density at radius 1 is 1.27 bits per heavy atom. The Hall–Kier alpha value is -2.62. The molecule has 9 heteroatoms. The predicted molar refractivity (Wildman–Crippen MR) is 112 cm³/mol. The fourth-order valence-electron chi connectivity index (χ4n) is 3.89. The quantitative estimate of drug-likeness (QED) is 0.441. The largest absolute Gasteiger partial charge is 0.507 e. The zero-order valence-corrected chi connectivity index (χ0v) is 17.8. The number of aryl methyl sites for hydroxylation is 2. The number of likely N-dealkylation sites (tertiary alicyclic amines) is 1. The number of carbonyl (C=O) groups excluding carboxylic acids is 2. The van der Waals surface area contributed by atoms with Crippen LogP contribution >= 0.6 is 11.3 Å². The predicted octanol–water partition coefficient (Wildman–Crippen LogP) is 1.91. The van der Waals surface area contributed by atoms with Gasteiger partial charge in [-0.25, -0.2) is 9.97 Å². The Labute approximate surface area is 178 Å². The Morgan fingerprint density at radius 3 is 2.70 bits per heavy atom. The number of nitrogens with zero attached hydrogens (tertiary/aromatic N) is 4. The molecule has 1 amide bonds. The standard InChI is InChI=1S/C21H24N4O4S/c1-13-15(12-22-14(2)23-13)19(26)17-18(16-4-3-11-30-16)25(21(28)20(17)27)6-5-24-7-9-29-10-8-24/h3-4,11-12,18,26H,5-10H2,1-2H3/b19-17+/t18-/m0/s1. The Bertz CT molecular complexity index is 983. The van der Waals surface area contributed by atoms with Gasteiger partial charge in [0.1, 0.15) is 11.6 Å². The molecule has 2 aromatic rings. The number of thiophene rings is 1. The van der Waals surface area contributed by atoms with Crippen molar-refractivity contribution in [2.24, 2.45) is 0 Å². The zero-order valence-electron chi connectivity index (χ0n) is 17.0. The number of carbonyl (C=O) groups is 2. The number of aliphatic hydroxyl groups is 1. The summed E-state index contributed by atoms with van der Waals surface area (Å²) in [6.07, 6.45) is 1.50. The second-order valence-electron chi connectivity index (χ2n) is 7.38. The summed E-state index contributed by atoms with van der Waals surface area (Å²) in [5.41, 5.74) is 1.03. The molecule has 0 aliphatic carbocycles. The first-order valence-electron chi connectivity index (χ1n) is 9.90. The number of Topliss-reactive ketones (excluding diaryl/α,β-unsaturated/α-hetero) is 1. The number of hydrogen-bond acceptors (Lipinski definition) is 8. The molecule has 0 saturated carbocycles. The summed E-state index contributed by atoms with van der Waals surface area (Å²) >= 11 is 1.46. The van der Waals surface area contributed by atoms with Crippen LogP contribution in [-0.2, 0) is 14.3 Å². The van der Waals surface area contributed by atoms with Crippen molar-refractivity contribution in [3.63, 3.8) is 0 Å². The lowest BCUT2D eigenvalue weighted by Crippen LogP contribution is -2.42. The third-order valence-electron chi connectivity index (χ3n) is 5.47. The van der Waals surface area contributed by atoms with Gasteiger partial charge in [-0.3, -0.25) is 14.5 Å². The molecule has 0 unspecified atom stereocenters. The fourth-order valence-corrected chi connectivity index (χ4v) is 4.73. The van der Waals surface area contributed by atoms with E-state index in [1.54, 1.807) is 18.7 Å². The third-order valence-corrected chi connectivity index (χ3v) is 6.39. The van der Waals surface area contributed by atoms with E-state index in [0.29, 0.717) is 43.4 Å². The van der Waals surface area contributed by atoms with Gasteiger partial charge in [-0.1, -0.05) is 6.07 Å². The molecule has 0 spiro atoms. The number of aromatic nitrogens is 2. The number of ketones is 1. The van der Waals surface area contributed by atoms with Crippen molar-refractivity contribution >= 4 is 28.8 Å². The SMILES string of the molecule is Cc1ncc(/C(O)=C2\C(=O)C(=O)N(CCN3CCOCC3)[C@H]2c2cccs2)c(C)n1. The molecule has 0 bridgehead atoms. The van der Waals surface area contributed by atoms with Crippen molar-refractivity contribution in [3.05, 3.63) is 51.2 Å². The molecular formula is C21H24N4O4S. The maximum absolute atomic E-state index is 13.0. The molecule has 4 heterocycles. The van der Waals surface area contributed by atoms with Gasteiger partial charge in [-0.15, -0.1) is 11.3 Å². The minimum atomic E-state index is -0.673. The molecule has 2 aromatic heterocycles. The number of amides is 1. The molecule has 2 fully saturated rings. The van der Waals surface area contributed by atoms with Crippen LogP contribution < -0.4 is 0 Å². The third kappa shape index (κ3) is 3.88. The van der Waals surface area contributed by atoms with E-state index >= 15 is 0 Å². The van der Waals surface area contributed by atoms with Crippen molar-refractivity contribution in [2.45, 2.75) is 19.9 Å². The van der Waals surface area contributed by atoms with Gasteiger partial charge >= 0.3 is 0 Å². The second kappa shape index (κ2) is 8.63. The second-order valence-corrected chi connectivity index (χ2v) is 8.36. The zero-order chi connectivity index (χ0) is 21.3. The van der Waals surface area contributed by atoms with Crippen molar-refractivity contribution in [1.29, 1.82) is 0 Å². The summed E-state index contributed by atoms with van der Waals surface area (Å²) in [6, 6.07) is 3.14. The highest BCUT2D eigenvalue weighted by molar-refractivity contribution is 7.10. The summed E-state index contributed by atoms with van der Waals surface area (Å²) in [7, 11) is 0. The Kier molecular flexibility index (Phi) is 5.94. The van der Waals surface area contributed by atoms with Crippen molar-refractivity contribution in [3.8, 4) is 0 Å². The molecule has 2 saturated heterocycles. The lowest BCUT2D eigenvalue weighted by molar-refractivity contribution is -0.140. The van der Waals surface area contributed by atoms with Gasteiger partial charge in [-0.2, -0.15) is 0 Å². The van der Waals surface area contributed by atoms with E-state index < -0.39 is 17.7 Å². The first kappa shape index (κ1) is 20.6. The summed E-state index contributed by atoms with van der Waals surface area (Å²) in [5.74, 6) is -0.912. The van der Waals surface area contributed by atoms with Crippen LogP contribution in [0.1, 0.15) is 28.0 Å². The molecular weight excluding hydrogens is 404 g/mol. The molecule has 158 valence electrons. The smallest absolute Gasteiger partial charge is 0.295 e. The van der Waals surface area contributed by atoms with Crippen LogP contribution in [0, 0.1) is 13.8 Å². The Balaban J connectivity index is 1.71. The number of hydrogen-bond donors (Lipinski definition) is 1. The topological polar surface area (TPSA) is 95.9 Å². The molecule has 4 rings (SSSR count). The molecule has 2 aliphatic heterocycles. The molecule has 0 radical (unpaired) electrons. The van der Waals surface area contributed by atoms with Crippen LogP contribution in [0.15, 0.2) is 29.3 Å². The number of rotatable bonds is 5. The first-order chi connectivity index (χ1) is 14.5. The first-order valence-corrected chi connectivity index (χ1v) is 10.8. The van der Waals surface area contributed by atoms with Crippen LogP contribution in [0.4, 0.5) is 0 Å². The average Bonchev–Trinajstić information content (AvgIpc) is 3.34. The number of morpholine rings is 1. The summed E-state index contributed by atoms with van der Waals surface area (Å²) in [5, 5.41) is 13.0. The molecule has 1 atom stereocenters. The maximum Gasteiger partial charge on any atom is 0.295 e. The normalized spacial score (nSPS) is 22.1. The van der Waals surface area contributed by atoms with E-state index in [1.165, 1.54) is 17.5 Å². The average molecular weight is 429 g/mol. The number of ether oxygens (including phenoxy) is 1. The van der Waals surface area contributed by atoms with Crippen LogP contribution in [-0.4, -0.2) is 76.0 Å². The highest BCUT2D eigenvalue weighted by Crippen LogP contribution is 2.41. The highest BCUT2D eigenvalue weighted by atomic mass is 32.1. The Morgan fingerprint density at radius 2 is 2.03 bits per heavy atom. The van der Waals surface area contributed by atoms with Crippen molar-refractivity contribution in [1.82, 2.24) is 19.8 Å². The van der Waals surface area contributed by atoms with Crippen molar-refractivity contribution < 1.29 is 19.4 Å². The lowest BCUT2D eigenvalue weighted by Gasteiger charge is -2.30. The van der Waals surface area contributed by atoms with Gasteiger partial charge in [-0.05, 0) is 25.3 Å². The highest BCUT2D eigenvalue weighted by Gasteiger charge is 2.46. The van der Waals surface area contributed by atoms with E-state index in [9.17, 15) is 14.7 Å². The van der Waals surface area contributed by atoms with E-state index in [4.69, 9.17) is 4.74 Å².